The van der Waals surface area contributed by atoms with Crippen LogP contribution < -0.4 is 0 Å². The average molecular weight is 200 g/mol. The predicted octanol–water partition coefficient (Wildman–Crippen LogP) is 0.641. The zero-order valence-electron chi connectivity index (χ0n) is 9.74. The van der Waals surface area contributed by atoms with Crippen molar-refractivity contribution in [2.24, 2.45) is 5.92 Å². The second-order valence-corrected chi connectivity index (χ2v) is 4.70. The van der Waals surface area contributed by atoms with Gasteiger partial charge in [-0.05, 0) is 39.4 Å². The minimum absolute atomic E-state index is 0.154. The van der Waals surface area contributed by atoms with Crippen LogP contribution >= 0.6 is 0 Å². The molecule has 1 rings (SSSR count). The van der Waals surface area contributed by atoms with Gasteiger partial charge in [0.25, 0.3) is 0 Å². The van der Waals surface area contributed by atoms with E-state index >= 15 is 0 Å². The van der Waals surface area contributed by atoms with Crippen LogP contribution in [0.5, 0.6) is 0 Å². The molecule has 1 aliphatic heterocycles. The lowest BCUT2D eigenvalue weighted by Crippen LogP contribution is -2.33. The second kappa shape index (κ2) is 5.69. The molecule has 1 aliphatic rings. The molecule has 0 saturated carbocycles. The number of hydrogen-bond acceptors (Lipinski definition) is 3. The molecule has 0 bridgehead atoms. The lowest BCUT2D eigenvalue weighted by molar-refractivity contribution is 0.115. The van der Waals surface area contributed by atoms with Gasteiger partial charge >= 0.3 is 0 Å². The summed E-state index contributed by atoms with van der Waals surface area (Å²) in [5.41, 5.74) is 0. The highest BCUT2D eigenvalue weighted by Gasteiger charge is 2.21. The number of nitrogens with zero attached hydrogens (tertiary/aromatic N) is 2. The first-order valence-electron chi connectivity index (χ1n) is 5.67. The molecule has 0 radical (unpaired) electrons. The van der Waals surface area contributed by atoms with Crippen molar-refractivity contribution in [1.29, 1.82) is 0 Å². The highest BCUT2D eigenvalue weighted by Crippen LogP contribution is 2.15. The lowest BCUT2D eigenvalue weighted by atomic mass is 10.1. The highest BCUT2D eigenvalue weighted by atomic mass is 16.3. The first kappa shape index (κ1) is 12.0. The number of likely N-dealkylation sites (tertiary alicyclic amines) is 1. The molecular formula is C11H24N2O. The van der Waals surface area contributed by atoms with Crippen molar-refractivity contribution < 1.29 is 5.11 Å². The third-order valence-corrected chi connectivity index (χ3v) is 3.05. The van der Waals surface area contributed by atoms with Crippen molar-refractivity contribution in [3.05, 3.63) is 0 Å². The van der Waals surface area contributed by atoms with E-state index in [0.29, 0.717) is 0 Å². The van der Waals surface area contributed by atoms with Gasteiger partial charge in [0.05, 0.1) is 6.10 Å². The molecule has 0 aromatic heterocycles. The molecule has 3 nitrogen and oxygen atoms in total. The second-order valence-electron chi connectivity index (χ2n) is 4.70. The van der Waals surface area contributed by atoms with Crippen LogP contribution in [-0.2, 0) is 0 Å². The van der Waals surface area contributed by atoms with Crippen molar-refractivity contribution in [3.63, 3.8) is 0 Å². The van der Waals surface area contributed by atoms with Gasteiger partial charge in [0.15, 0.2) is 0 Å². The van der Waals surface area contributed by atoms with Gasteiger partial charge in [-0.2, -0.15) is 0 Å². The topological polar surface area (TPSA) is 26.7 Å². The van der Waals surface area contributed by atoms with Crippen molar-refractivity contribution in [3.8, 4) is 0 Å². The first-order chi connectivity index (χ1) is 6.61. The maximum absolute atomic E-state index is 9.50. The summed E-state index contributed by atoms with van der Waals surface area (Å²) >= 11 is 0. The SMILES string of the molecule is CCC(O)CN(C)CC1CCN(C)C1. The van der Waals surface area contributed by atoms with E-state index in [4.69, 9.17) is 0 Å². The molecule has 84 valence electrons. The summed E-state index contributed by atoms with van der Waals surface area (Å²) < 4.78 is 0. The maximum Gasteiger partial charge on any atom is 0.0664 e. The Morgan fingerprint density at radius 3 is 2.79 bits per heavy atom. The van der Waals surface area contributed by atoms with E-state index in [-0.39, 0.29) is 6.10 Å². The molecule has 0 aliphatic carbocycles. The van der Waals surface area contributed by atoms with Crippen molar-refractivity contribution in [2.75, 3.05) is 40.3 Å². The highest BCUT2D eigenvalue weighted by molar-refractivity contribution is 4.75. The molecule has 1 N–H and O–H groups in total. The Kier molecular flexibility index (Phi) is 4.85. The molecule has 0 aromatic rings. The van der Waals surface area contributed by atoms with Gasteiger partial charge in [-0.3, -0.25) is 0 Å². The standard InChI is InChI=1S/C11H24N2O/c1-4-11(14)9-13(3)8-10-5-6-12(2)7-10/h10-11,14H,4-9H2,1-3H3. The Morgan fingerprint density at radius 1 is 1.57 bits per heavy atom. The number of aliphatic hydroxyl groups is 1. The van der Waals surface area contributed by atoms with Crippen LogP contribution in [-0.4, -0.2) is 61.3 Å². The third kappa shape index (κ3) is 3.95. The summed E-state index contributed by atoms with van der Waals surface area (Å²) in [4.78, 5) is 4.65. The van der Waals surface area contributed by atoms with E-state index in [1.807, 2.05) is 6.92 Å². The molecule has 1 heterocycles. The lowest BCUT2D eigenvalue weighted by Gasteiger charge is -2.22. The van der Waals surface area contributed by atoms with Gasteiger partial charge in [0, 0.05) is 19.6 Å². The monoisotopic (exact) mass is 200 g/mol. The molecule has 0 aromatic carbocycles. The zero-order valence-corrected chi connectivity index (χ0v) is 9.74. The minimum Gasteiger partial charge on any atom is -0.392 e. The van der Waals surface area contributed by atoms with Gasteiger partial charge < -0.3 is 14.9 Å². The molecule has 1 fully saturated rings. The Balaban J connectivity index is 2.16. The van der Waals surface area contributed by atoms with Crippen LogP contribution in [0, 0.1) is 5.92 Å². The minimum atomic E-state index is -0.154. The van der Waals surface area contributed by atoms with Gasteiger partial charge in [0.1, 0.15) is 0 Å². The van der Waals surface area contributed by atoms with Crippen LogP contribution in [0.4, 0.5) is 0 Å². The Morgan fingerprint density at radius 2 is 2.29 bits per heavy atom. The van der Waals surface area contributed by atoms with Crippen LogP contribution in [0.2, 0.25) is 0 Å². The number of aliphatic hydroxyl groups excluding tert-OH is 1. The van der Waals surface area contributed by atoms with Crippen molar-refractivity contribution >= 4 is 0 Å². The first-order valence-corrected chi connectivity index (χ1v) is 5.67. The number of rotatable bonds is 5. The quantitative estimate of drug-likeness (QED) is 0.705. The third-order valence-electron chi connectivity index (χ3n) is 3.05. The molecule has 0 spiro atoms. The molecule has 14 heavy (non-hydrogen) atoms. The molecule has 0 amide bonds. The normalized spacial score (nSPS) is 25.9. The average Bonchev–Trinajstić information content (AvgIpc) is 2.50. The zero-order chi connectivity index (χ0) is 10.6. The van der Waals surface area contributed by atoms with E-state index < -0.39 is 0 Å². The van der Waals surface area contributed by atoms with E-state index in [1.54, 1.807) is 0 Å². The molecule has 2 unspecified atom stereocenters. The Bertz CT molecular complexity index is 163. The summed E-state index contributed by atoms with van der Waals surface area (Å²) in [6, 6.07) is 0. The maximum atomic E-state index is 9.50. The van der Waals surface area contributed by atoms with E-state index in [2.05, 4.69) is 23.9 Å². The fourth-order valence-electron chi connectivity index (χ4n) is 2.18. The van der Waals surface area contributed by atoms with Crippen LogP contribution in [0.1, 0.15) is 19.8 Å². The summed E-state index contributed by atoms with van der Waals surface area (Å²) in [5.74, 6) is 0.800. The molecule has 3 heteroatoms. The molecule has 2 atom stereocenters. The summed E-state index contributed by atoms with van der Waals surface area (Å²) in [6.45, 7) is 6.42. The predicted molar refractivity (Wildman–Crippen MR) is 59.4 cm³/mol. The summed E-state index contributed by atoms with van der Waals surface area (Å²) in [6.07, 6.45) is 2.01. The number of hydrogen-bond donors (Lipinski definition) is 1. The summed E-state index contributed by atoms with van der Waals surface area (Å²) in [5, 5.41) is 9.50. The van der Waals surface area contributed by atoms with E-state index in [1.165, 1.54) is 19.5 Å². The van der Waals surface area contributed by atoms with Gasteiger partial charge in [-0.15, -0.1) is 0 Å². The smallest absolute Gasteiger partial charge is 0.0664 e. The number of likely N-dealkylation sites (N-methyl/N-ethyl adjacent to an activating group) is 1. The van der Waals surface area contributed by atoms with E-state index in [9.17, 15) is 5.11 Å². The fraction of sp³-hybridized carbons (Fsp3) is 1.00. The van der Waals surface area contributed by atoms with Crippen LogP contribution in [0.25, 0.3) is 0 Å². The van der Waals surface area contributed by atoms with Gasteiger partial charge in [-0.1, -0.05) is 6.92 Å². The van der Waals surface area contributed by atoms with Gasteiger partial charge in [0.2, 0.25) is 0 Å². The fourth-order valence-corrected chi connectivity index (χ4v) is 2.18. The van der Waals surface area contributed by atoms with Gasteiger partial charge in [-0.25, -0.2) is 0 Å². The van der Waals surface area contributed by atoms with E-state index in [0.717, 1.165) is 25.4 Å². The van der Waals surface area contributed by atoms with Crippen molar-refractivity contribution in [2.45, 2.75) is 25.9 Å². The molecule has 1 saturated heterocycles. The Hall–Kier alpha value is -0.120. The Labute approximate surface area is 87.7 Å². The summed E-state index contributed by atoms with van der Waals surface area (Å²) in [7, 11) is 4.29. The largest absolute Gasteiger partial charge is 0.392 e. The van der Waals surface area contributed by atoms with Crippen molar-refractivity contribution in [1.82, 2.24) is 9.80 Å². The van der Waals surface area contributed by atoms with Crippen LogP contribution in [0.15, 0.2) is 0 Å². The van der Waals surface area contributed by atoms with Crippen LogP contribution in [0.3, 0.4) is 0 Å². The molecular weight excluding hydrogens is 176 g/mol.